The molecule has 1 heterocycles. The molecule has 2 aromatic rings. The van der Waals surface area contributed by atoms with E-state index in [-0.39, 0.29) is 0 Å². The third kappa shape index (κ3) is 1.97. The van der Waals surface area contributed by atoms with Gasteiger partial charge in [0.05, 0.1) is 11.4 Å². The van der Waals surface area contributed by atoms with Crippen LogP contribution in [-0.2, 0) is 0 Å². The minimum absolute atomic E-state index is 0.503. The highest BCUT2D eigenvalue weighted by molar-refractivity contribution is 5.46. The number of nitrogens with two attached hydrogens (primary N) is 1. The van der Waals surface area contributed by atoms with Crippen LogP contribution in [0.2, 0.25) is 0 Å². The number of pyridine rings is 1. The highest BCUT2D eigenvalue weighted by Gasteiger charge is 2.13. The van der Waals surface area contributed by atoms with Crippen LogP contribution < -0.4 is 5.73 Å². The molecule has 3 N–H and O–H groups in total. The highest BCUT2D eigenvalue weighted by Crippen LogP contribution is 2.23. The fraction of sp³-hybridized carbons (Fsp3) is 0.0833. The standard InChI is InChI=1S/C12H12N2O/c13-10-7-4-8-14-11(10)12(15)9-5-2-1-3-6-9/h1-8,12,15H,13H2. The van der Waals surface area contributed by atoms with Crippen molar-refractivity contribution in [2.24, 2.45) is 0 Å². The Balaban J connectivity index is 2.37. The molecule has 0 saturated carbocycles. The summed E-state index contributed by atoms with van der Waals surface area (Å²) in [6.07, 6.45) is 0.866. The molecule has 1 aromatic carbocycles. The van der Waals surface area contributed by atoms with E-state index in [4.69, 9.17) is 5.73 Å². The summed E-state index contributed by atoms with van der Waals surface area (Å²) in [5.74, 6) is 0. The predicted octanol–water partition coefficient (Wildman–Crippen LogP) is 1.75. The summed E-state index contributed by atoms with van der Waals surface area (Å²) in [4.78, 5) is 4.08. The second-order valence-electron chi connectivity index (χ2n) is 3.29. The van der Waals surface area contributed by atoms with Crippen molar-refractivity contribution in [3.05, 3.63) is 59.9 Å². The van der Waals surface area contributed by atoms with Gasteiger partial charge in [-0.25, -0.2) is 0 Å². The van der Waals surface area contributed by atoms with Crippen molar-refractivity contribution in [3.63, 3.8) is 0 Å². The molecule has 0 amide bonds. The summed E-state index contributed by atoms with van der Waals surface area (Å²) in [5, 5.41) is 10.0. The summed E-state index contributed by atoms with van der Waals surface area (Å²) in [6.45, 7) is 0. The van der Waals surface area contributed by atoms with Crippen LogP contribution in [0.3, 0.4) is 0 Å². The number of rotatable bonds is 2. The maximum atomic E-state index is 10.0. The largest absolute Gasteiger partial charge is 0.397 e. The smallest absolute Gasteiger partial charge is 0.123 e. The Morgan fingerprint density at radius 3 is 2.47 bits per heavy atom. The molecule has 1 unspecified atom stereocenters. The summed E-state index contributed by atoms with van der Waals surface area (Å²) in [5.41, 5.74) is 7.54. The number of anilines is 1. The Hall–Kier alpha value is -1.87. The molecule has 15 heavy (non-hydrogen) atoms. The second-order valence-corrected chi connectivity index (χ2v) is 3.29. The predicted molar refractivity (Wildman–Crippen MR) is 59.2 cm³/mol. The lowest BCUT2D eigenvalue weighted by Gasteiger charge is -2.11. The van der Waals surface area contributed by atoms with E-state index in [1.165, 1.54) is 0 Å². The number of hydrogen-bond donors (Lipinski definition) is 2. The van der Waals surface area contributed by atoms with Gasteiger partial charge in [-0.2, -0.15) is 0 Å². The Bertz CT molecular complexity index is 442. The number of benzene rings is 1. The van der Waals surface area contributed by atoms with Gasteiger partial charge in [-0.15, -0.1) is 0 Å². The number of hydrogen-bond acceptors (Lipinski definition) is 3. The van der Waals surface area contributed by atoms with E-state index in [1.54, 1.807) is 18.3 Å². The SMILES string of the molecule is Nc1cccnc1C(O)c1ccccc1. The number of nitrogens with zero attached hydrogens (tertiary/aromatic N) is 1. The minimum atomic E-state index is -0.757. The van der Waals surface area contributed by atoms with Gasteiger partial charge < -0.3 is 10.8 Å². The van der Waals surface area contributed by atoms with Crippen molar-refractivity contribution >= 4 is 5.69 Å². The van der Waals surface area contributed by atoms with Crippen LogP contribution in [0, 0.1) is 0 Å². The highest BCUT2D eigenvalue weighted by atomic mass is 16.3. The topological polar surface area (TPSA) is 59.1 Å². The molecule has 2 rings (SSSR count). The van der Waals surface area contributed by atoms with Crippen molar-refractivity contribution in [1.29, 1.82) is 0 Å². The fourth-order valence-corrected chi connectivity index (χ4v) is 1.45. The zero-order chi connectivity index (χ0) is 10.7. The summed E-state index contributed by atoms with van der Waals surface area (Å²) in [7, 11) is 0. The maximum absolute atomic E-state index is 10.0. The quantitative estimate of drug-likeness (QED) is 0.776. The average Bonchev–Trinajstić information content (AvgIpc) is 2.30. The van der Waals surface area contributed by atoms with Crippen molar-refractivity contribution in [2.45, 2.75) is 6.10 Å². The molecular weight excluding hydrogens is 188 g/mol. The van der Waals surface area contributed by atoms with E-state index in [1.807, 2.05) is 30.3 Å². The molecule has 0 radical (unpaired) electrons. The van der Waals surface area contributed by atoms with E-state index >= 15 is 0 Å². The van der Waals surface area contributed by atoms with Gasteiger partial charge in [0.15, 0.2) is 0 Å². The zero-order valence-electron chi connectivity index (χ0n) is 8.17. The third-order valence-corrected chi connectivity index (χ3v) is 2.25. The molecule has 1 atom stereocenters. The van der Waals surface area contributed by atoms with E-state index in [0.29, 0.717) is 11.4 Å². The molecule has 0 aliphatic carbocycles. The first kappa shape index (κ1) is 9.68. The fourth-order valence-electron chi connectivity index (χ4n) is 1.45. The van der Waals surface area contributed by atoms with Crippen LogP contribution in [0.15, 0.2) is 48.7 Å². The van der Waals surface area contributed by atoms with Crippen LogP contribution >= 0.6 is 0 Å². The van der Waals surface area contributed by atoms with Gasteiger partial charge in [-0.05, 0) is 17.7 Å². The first-order valence-corrected chi connectivity index (χ1v) is 4.72. The van der Waals surface area contributed by atoms with Gasteiger partial charge in [0, 0.05) is 6.20 Å². The van der Waals surface area contributed by atoms with Crippen molar-refractivity contribution in [1.82, 2.24) is 4.98 Å². The lowest BCUT2D eigenvalue weighted by molar-refractivity contribution is 0.216. The van der Waals surface area contributed by atoms with Crippen LogP contribution in [0.1, 0.15) is 17.4 Å². The molecule has 0 aliphatic rings. The van der Waals surface area contributed by atoms with E-state index < -0.39 is 6.10 Å². The molecule has 0 fully saturated rings. The number of nitrogen functional groups attached to an aromatic ring is 1. The first-order valence-electron chi connectivity index (χ1n) is 4.72. The molecule has 0 aliphatic heterocycles. The van der Waals surface area contributed by atoms with Crippen molar-refractivity contribution in [3.8, 4) is 0 Å². The molecule has 1 aromatic heterocycles. The Kier molecular flexibility index (Phi) is 2.65. The van der Waals surface area contributed by atoms with E-state index in [9.17, 15) is 5.11 Å². The summed E-state index contributed by atoms with van der Waals surface area (Å²) in [6, 6.07) is 12.8. The summed E-state index contributed by atoms with van der Waals surface area (Å²) >= 11 is 0. The van der Waals surface area contributed by atoms with Crippen LogP contribution in [0.5, 0.6) is 0 Å². The zero-order valence-corrected chi connectivity index (χ0v) is 8.17. The minimum Gasteiger partial charge on any atom is -0.397 e. The number of aromatic nitrogens is 1. The maximum Gasteiger partial charge on any atom is 0.123 e. The lowest BCUT2D eigenvalue weighted by Crippen LogP contribution is -2.05. The Morgan fingerprint density at radius 2 is 1.80 bits per heavy atom. The molecule has 76 valence electrons. The van der Waals surface area contributed by atoms with Crippen molar-refractivity contribution < 1.29 is 5.11 Å². The molecule has 0 spiro atoms. The van der Waals surface area contributed by atoms with Crippen molar-refractivity contribution in [2.75, 3.05) is 5.73 Å². The normalized spacial score (nSPS) is 12.3. The van der Waals surface area contributed by atoms with E-state index in [2.05, 4.69) is 4.98 Å². The van der Waals surface area contributed by atoms with Gasteiger partial charge in [-0.1, -0.05) is 30.3 Å². The molecule has 0 saturated heterocycles. The monoisotopic (exact) mass is 200 g/mol. The molecular formula is C12H12N2O. The third-order valence-electron chi connectivity index (χ3n) is 2.25. The Morgan fingerprint density at radius 1 is 1.07 bits per heavy atom. The molecule has 0 bridgehead atoms. The summed E-state index contributed by atoms with van der Waals surface area (Å²) < 4.78 is 0. The van der Waals surface area contributed by atoms with Gasteiger partial charge in [0.1, 0.15) is 6.10 Å². The van der Waals surface area contributed by atoms with Crippen LogP contribution in [-0.4, -0.2) is 10.1 Å². The van der Waals surface area contributed by atoms with Gasteiger partial charge >= 0.3 is 0 Å². The molecule has 3 nitrogen and oxygen atoms in total. The van der Waals surface area contributed by atoms with Crippen LogP contribution in [0.25, 0.3) is 0 Å². The first-order chi connectivity index (χ1) is 7.29. The number of aliphatic hydroxyl groups is 1. The average molecular weight is 200 g/mol. The van der Waals surface area contributed by atoms with Gasteiger partial charge in [-0.3, -0.25) is 4.98 Å². The van der Waals surface area contributed by atoms with Gasteiger partial charge in [0.25, 0.3) is 0 Å². The van der Waals surface area contributed by atoms with E-state index in [0.717, 1.165) is 5.56 Å². The number of aliphatic hydroxyl groups excluding tert-OH is 1. The van der Waals surface area contributed by atoms with Gasteiger partial charge in [0.2, 0.25) is 0 Å². The van der Waals surface area contributed by atoms with Crippen LogP contribution in [0.4, 0.5) is 5.69 Å². The Labute approximate surface area is 88.2 Å². The second kappa shape index (κ2) is 4.11. The lowest BCUT2D eigenvalue weighted by atomic mass is 10.1. The molecule has 3 heteroatoms.